The van der Waals surface area contributed by atoms with E-state index in [1.807, 2.05) is 0 Å². The molecule has 1 fully saturated rings. The summed E-state index contributed by atoms with van der Waals surface area (Å²) in [7, 11) is 0. The van der Waals surface area contributed by atoms with Crippen LogP contribution in [0.3, 0.4) is 0 Å². The topological polar surface area (TPSA) is 37.8 Å². The molecule has 0 spiro atoms. The maximum absolute atomic E-state index is 6.09. The van der Waals surface area contributed by atoms with Crippen molar-refractivity contribution in [1.29, 1.82) is 0 Å². The lowest BCUT2D eigenvalue weighted by Crippen LogP contribution is -2.00. The first-order valence-corrected chi connectivity index (χ1v) is 7.59. The van der Waals surface area contributed by atoms with E-state index >= 15 is 0 Å². The van der Waals surface area contributed by atoms with Crippen molar-refractivity contribution in [2.24, 2.45) is 0 Å². The highest BCUT2D eigenvalue weighted by atomic mass is 35.5. The molecule has 1 saturated carbocycles. The van der Waals surface area contributed by atoms with Gasteiger partial charge in [-0.05, 0) is 55.4 Å². The van der Waals surface area contributed by atoms with Gasteiger partial charge in [-0.25, -0.2) is 9.97 Å². The number of aryl methyl sites for hydroxylation is 2. The molecule has 1 aromatic heterocycles. The standard InChI is InChI=1S/C16H16ClN3/c17-14-9-15(20-16(19-14)11-4-5-11)18-13-7-6-10-2-1-3-12(10)8-13/h6-9,11H,1-5H2,(H,18,19,20). The summed E-state index contributed by atoms with van der Waals surface area (Å²) in [6.07, 6.45) is 6.02. The molecule has 0 aliphatic heterocycles. The third kappa shape index (κ3) is 2.38. The number of hydrogen-bond donors (Lipinski definition) is 1. The van der Waals surface area contributed by atoms with Crippen molar-refractivity contribution >= 4 is 23.1 Å². The van der Waals surface area contributed by atoms with E-state index in [1.165, 1.54) is 43.2 Å². The van der Waals surface area contributed by atoms with Gasteiger partial charge in [0.05, 0.1) is 0 Å². The summed E-state index contributed by atoms with van der Waals surface area (Å²) >= 11 is 6.09. The molecular formula is C16H16ClN3. The van der Waals surface area contributed by atoms with Gasteiger partial charge in [-0.1, -0.05) is 17.7 Å². The monoisotopic (exact) mass is 285 g/mol. The first-order valence-electron chi connectivity index (χ1n) is 7.21. The molecule has 20 heavy (non-hydrogen) atoms. The Balaban J connectivity index is 1.62. The van der Waals surface area contributed by atoms with Crippen LogP contribution in [0.2, 0.25) is 5.15 Å². The van der Waals surface area contributed by atoms with Crippen molar-refractivity contribution in [1.82, 2.24) is 9.97 Å². The minimum Gasteiger partial charge on any atom is -0.340 e. The Hall–Kier alpha value is -1.61. The number of nitrogens with zero attached hydrogens (tertiary/aromatic N) is 2. The van der Waals surface area contributed by atoms with Gasteiger partial charge in [-0.2, -0.15) is 0 Å². The third-order valence-electron chi connectivity index (χ3n) is 4.03. The zero-order valence-electron chi connectivity index (χ0n) is 11.2. The third-order valence-corrected chi connectivity index (χ3v) is 4.22. The van der Waals surface area contributed by atoms with E-state index in [1.54, 1.807) is 6.07 Å². The Morgan fingerprint density at radius 2 is 1.90 bits per heavy atom. The second-order valence-electron chi connectivity index (χ2n) is 5.67. The maximum atomic E-state index is 6.09. The Bertz CT molecular complexity index is 665. The lowest BCUT2D eigenvalue weighted by atomic mass is 10.1. The van der Waals surface area contributed by atoms with Gasteiger partial charge in [0.2, 0.25) is 0 Å². The summed E-state index contributed by atoms with van der Waals surface area (Å²) in [5, 5.41) is 3.88. The van der Waals surface area contributed by atoms with Crippen LogP contribution < -0.4 is 5.32 Å². The lowest BCUT2D eigenvalue weighted by Gasteiger charge is -2.09. The van der Waals surface area contributed by atoms with Crippen LogP contribution in [0, 0.1) is 0 Å². The molecule has 3 nitrogen and oxygen atoms in total. The lowest BCUT2D eigenvalue weighted by molar-refractivity contribution is 0.912. The van der Waals surface area contributed by atoms with Crippen LogP contribution in [-0.2, 0) is 12.8 Å². The highest BCUT2D eigenvalue weighted by molar-refractivity contribution is 6.29. The smallest absolute Gasteiger partial charge is 0.135 e. The number of anilines is 2. The van der Waals surface area contributed by atoms with Gasteiger partial charge >= 0.3 is 0 Å². The molecule has 2 aromatic rings. The minimum atomic E-state index is 0.509. The van der Waals surface area contributed by atoms with Gasteiger partial charge in [0.1, 0.15) is 16.8 Å². The van der Waals surface area contributed by atoms with E-state index in [0.29, 0.717) is 11.1 Å². The van der Waals surface area contributed by atoms with E-state index in [9.17, 15) is 0 Å². The molecule has 1 heterocycles. The van der Waals surface area contributed by atoms with Crippen molar-refractivity contribution in [2.45, 2.75) is 38.0 Å². The van der Waals surface area contributed by atoms with Crippen LogP contribution in [0.25, 0.3) is 0 Å². The number of aromatic nitrogens is 2. The van der Waals surface area contributed by atoms with E-state index < -0.39 is 0 Å². The van der Waals surface area contributed by atoms with Crippen LogP contribution in [0.1, 0.15) is 42.1 Å². The normalized spacial score (nSPS) is 17.1. The van der Waals surface area contributed by atoms with Crippen LogP contribution in [0.5, 0.6) is 0 Å². The quantitative estimate of drug-likeness (QED) is 0.857. The fourth-order valence-electron chi connectivity index (χ4n) is 2.82. The fourth-order valence-corrected chi connectivity index (χ4v) is 3.01. The summed E-state index contributed by atoms with van der Waals surface area (Å²) in [6.45, 7) is 0. The molecule has 0 bridgehead atoms. The second-order valence-corrected chi connectivity index (χ2v) is 6.06. The van der Waals surface area contributed by atoms with Crippen molar-refractivity contribution in [2.75, 3.05) is 5.32 Å². The summed E-state index contributed by atoms with van der Waals surface area (Å²) in [5.74, 6) is 2.18. The molecule has 102 valence electrons. The van der Waals surface area contributed by atoms with Gasteiger partial charge in [0, 0.05) is 17.7 Å². The number of fused-ring (bicyclic) bond motifs is 1. The molecular weight excluding hydrogens is 270 g/mol. The molecule has 0 unspecified atom stereocenters. The summed E-state index contributed by atoms with van der Waals surface area (Å²) in [6, 6.07) is 8.36. The second kappa shape index (κ2) is 4.74. The average Bonchev–Trinajstić information content (AvgIpc) is 3.17. The van der Waals surface area contributed by atoms with Crippen molar-refractivity contribution in [3.63, 3.8) is 0 Å². The number of rotatable bonds is 3. The van der Waals surface area contributed by atoms with E-state index in [0.717, 1.165) is 17.3 Å². The molecule has 0 atom stereocenters. The van der Waals surface area contributed by atoms with Gasteiger partial charge < -0.3 is 5.32 Å². The summed E-state index contributed by atoms with van der Waals surface area (Å²) in [4.78, 5) is 8.89. The fraction of sp³-hybridized carbons (Fsp3) is 0.375. The zero-order valence-corrected chi connectivity index (χ0v) is 12.0. The van der Waals surface area contributed by atoms with Crippen molar-refractivity contribution < 1.29 is 0 Å². The molecule has 4 rings (SSSR count). The predicted molar refractivity (Wildman–Crippen MR) is 80.8 cm³/mol. The molecule has 2 aliphatic carbocycles. The van der Waals surface area contributed by atoms with Crippen LogP contribution in [-0.4, -0.2) is 9.97 Å². The first kappa shape index (κ1) is 12.2. The molecule has 4 heteroatoms. The molecule has 0 radical (unpaired) electrons. The van der Waals surface area contributed by atoms with Gasteiger partial charge in [0.15, 0.2) is 0 Å². The number of hydrogen-bond acceptors (Lipinski definition) is 3. The Kier molecular flexibility index (Phi) is 2.88. The summed E-state index contributed by atoms with van der Waals surface area (Å²) < 4.78 is 0. The molecule has 0 saturated heterocycles. The average molecular weight is 286 g/mol. The highest BCUT2D eigenvalue weighted by Crippen LogP contribution is 2.39. The van der Waals surface area contributed by atoms with Gasteiger partial charge in [-0.15, -0.1) is 0 Å². The van der Waals surface area contributed by atoms with Gasteiger partial charge in [0.25, 0.3) is 0 Å². The zero-order chi connectivity index (χ0) is 13.5. The van der Waals surface area contributed by atoms with Crippen LogP contribution in [0.4, 0.5) is 11.5 Å². The Morgan fingerprint density at radius 1 is 1.05 bits per heavy atom. The highest BCUT2D eigenvalue weighted by Gasteiger charge is 2.27. The van der Waals surface area contributed by atoms with E-state index in [-0.39, 0.29) is 0 Å². The molecule has 2 aliphatic rings. The predicted octanol–water partition coefficient (Wildman–Crippen LogP) is 4.24. The van der Waals surface area contributed by atoms with E-state index in [2.05, 4.69) is 33.5 Å². The van der Waals surface area contributed by atoms with E-state index in [4.69, 9.17) is 11.6 Å². The first-order chi connectivity index (χ1) is 9.78. The SMILES string of the molecule is Clc1cc(Nc2ccc3c(c2)CCC3)nc(C2CC2)n1. The van der Waals surface area contributed by atoms with Gasteiger partial charge in [-0.3, -0.25) is 0 Å². The summed E-state index contributed by atoms with van der Waals surface area (Å²) in [5.41, 5.74) is 4.02. The minimum absolute atomic E-state index is 0.509. The maximum Gasteiger partial charge on any atom is 0.135 e. The Labute approximate surface area is 123 Å². The molecule has 0 amide bonds. The Morgan fingerprint density at radius 3 is 2.75 bits per heavy atom. The van der Waals surface area contributed by atoms with Crippen molar-refractivity contribution in [3.05, 3.63) is 46.4 Å². The number of nitrogens with one attached hydrogen (secondary N) is 1. The molecule has 1 N–H and O–H groups in total. The number of halogens is 1. The van der Waals surface area contributed by atoms with Crippen molar-refractivity contribution in [3.8, 4) is 0 Å². The number of benzene rings is 1. The van der Waals surface area contributed by atoms with Crippen LogP contribution in [0.15, 0.2) is 24.3 Å². The molecule has 1 aromatic carbocycles. The van der Waals surface area contributed by atoms with Crippen LogP contribution >= 0.6 is 11.6 Å². The largest absolute Gasteiger partial charge is 0.340 e.